The van der Waals surface area contributed by atoms with E-state index in [4.69, 9.17) is 23.2 Å². The third kappa shape index (κ3) is 3.97. The molecule has 3 N–H and O–H groups in total. The van der Waals surface area contributed by atoms with Crippen LogP contribution in [0.4, 0.5) is 0 Å². The van der Waals surface area contributed by atoms with Gasteiger partial charge in [0.1, 0.15) is 0 Å². The smallest absolute Gasteiger partial charge is 0.254 e. The Labute approximate surface area is 127 Å². The molecule has 1 aliphatic heterocycles. The molecule has 2 atom stereocenters. The molecule has 2 unspecified atom stereocenters. The highest BCUT2D eigenvalue weighted by Gasteiger charge is 2.25. The molecule has 1 aliphatic rings. The highest BCUT2D eigenvalue weighted by molar-refractivity contribution is 6.39. The van der Waals surface area contributed by atoms with Crippen molar-refractivity contribution in [2.45, 2.75) is 6.10 Å². The summed E-state index contributed by atoms with van der Waals surface area (Å²) in [5.41, 5.74) is 0.279. The van der Waals surface area contributed by atoms with Crippen LogP contribution in [0.1, 0.15) is 10.4 Å². The van der Waals surface area contributed by atoms with Gasteiger partial charge >= 0.3 is 0 Å². The average Bonchev–Trinajstić information content (AvgIpc) is 2.72. The molecule has 1 fully saturated rings. The summed E-state index contributed by atoms with van der Waals surface area (Å²) in [6, 6.07) is 4.93. The van der Waals surface area contributed by atoms with Gasteiger partial charge in [0.05, 0.1) is 21.7 Å². The molecular weight excluding hydrogens is 311 g/mol. The van der Waals surface area contributed by atoms with Gasteiger partial charge in [-0.3, -0.25) is 4.79 Å². The van der Waals surface area contributed by atoms with E-state index in [1.165, 1.54) is 0 Å². The van der Waals surface area contributed by atoms with Crippen LogP contribution in [-0.4, -0.2) is 36.8 Å². The minimum absolute atomic E-state index is 0. The summed E-state index contributed by atoms with van der Waals surface area (Å²) in [5.74, 6) is -0.292. The molecule has 1 aromatic carbocycles. The van der Waals surface area contributed by atoms with Gasteiger partial charge in [0.2, 0.25) is 0 Å². The molecule has 1 amide bonds. The maximum atomic E-state index is 12.0. The van der Waals surface area contributed by atoms with Gasteiger partial charge in [-0.25, -0.2) is 0 Å². The summed E-state index contributed by atoms with van der Waals surface area (Å²) in [4.78, 5) is 12.0. The van der Waals surface area contributed by atoms with Crippen LogP contribution in [0.5, 0.6) is 0 Å². The summed E-state index contributed by atoms with van der Waals surface area (Å²) in [5, 5.41) is 16.1. The molecule has 0 aromatic heterocycles. The predicted molar refractivity (Wildman–Crippen MR) is 78.4 cm³/mol. The zero-order chi connectivity index (χ0) is 13.1. The van der Waals surface area contributed by atoms with Crippen molar-refractivity contribution in [2.75, 3.05) is 19.6 Å². The molecule has 0 spiro atoms. The minimum atomic E-state index is -0.424. The summed E-state index contributed by atoms with van der Waals surface area (Å²) in [6.45, 7) is 1.65. The average molecular weight is 326 g/mol. The largest absolute Gasteiger partial charge is 0.391 e. The van der Waals surface area contributed by atoms with Gasteiger partial charge in [0, 0.05) is 25.6 Å². The van der Waals surface area contributed by atoms with Gasteiger partial charge in [-0.05, 0) is 12.1 Å². The van der Waals surface area contributed by atoms with Crippen LogP contribution >= 0.6 is 35.6 Å². The van der Waals surface area contributed by atoms with Gasteiger partial charge in [0.25, 0.3) is 5.91 Å². The fraction of sp³-hybridized carbons (Fsp3) is 0.417. The molecule has 2 rings (SSSR count). The first-order chi connectivity index (χ1) is 8.59. The fourth-order valence-corrected chi connectivity index (χ4v) is 2.52. The molecule has 1 aromatic rings. The lowest BCUT2D eigenvalue weighted by Crippen LogP contribution is -2.34. The topological polar surface area (TPSA) is 61.4 Å². The van der Waals surface area contributed by atoms with Crippen molar-refractivity contribution in [1.82, 2.24) is 10.6 Å². The van der Waals surface area contributed by atoms with Crippen LogP contribution < -0.4 is 10.6 Å². The van der Waals surface area contributed by atoms with Crippen LogP contribution in [0.3, 0.4) is 0 Å². The van der Waals surface area contributed by atoms with E-state index >= 15 is 0 Å². The zero-order valence-electron chi connectivity index (χ0n) is 10.0. The second-order valence-electron chi connectivity index (χ2n) is 4.29. The van der Waals surface area contributed by atoms with Crippen LogP contribution in [-0.2, 0) is 0 Å². The number of amides is 1. The molecule has 7 heteroatoms. The zero-order valence-corrected chi connectivity index (χ0v) is 12.4. The Morgan fingerprint density at radius 2 is 2.00 bits per heavy atom. The first kappa shape index (κ1) is 16.5. The Kier molecular flexibility index (Phi) is 6.36. The van der Waals surface area contributed by atoms with E-state index in [0.29, 0.717) is 29.7 Å². The van der Waals surface area contributed by atoms with Gasteiger partial charge in [-0.2, -0.15) is 0 Å². The number of carbonyl (C=O) groups is 1. The number of carbonyl (C=O) groups excluding carboxylic acids is 1. The third-order valence-electron chi connectivity index (χ3n) is 3.02. The monoisotopic (exact) mass is 324 g/mol. The summed E-state index contributed by atoms with van der Waals surface area (Å²) in [7, 11) is 0. The van der Waals surface area contributed by atoms with Crippen molar-refractivity contribution >= 4 is 41.5 Å². The van der Waals surface area contributed by atoms with Gasteiger partial charge < -0.3 is 15.7 Å². The second-order valence-corrected chi connectivity index (χ2v) is 5.11. The molecule has 106 valence electrons. The van der Waals surface area contributed by atoms with Crippen molar-refractivity contribution in [3.63, 3.8) is 0 Å². The van der Waals surface area contributed by atoms with Gasteiger partial charge in [0.15, 0.2) is 0 Å². The molecule has 1 saturated heterocycles. The number of nitrogens with one attached hydrogen (secondary N) is 2. The maximum absolute atomic E-state index is 12.0. The molecule has 0 bridgehead atoms. The Balaban J connectivity index is 0.00000180. The van der Waals surface area contributed by atoms with Crippen molar-refractivity contribution in [1.29, 1.82) is 0 Å². The van der Waals surface area contributed by atoms with Crippen LogP contribution in [0.25, 0.3) is 0 Å². The molecule has 4 nitrogen and oxygen atoms in total. The highest BCUT2D eigenvalue weighted by Crippen LogP contribution is 2.24. The SMILES string of the molecule is Cl.O=C(NCC1CNCC1O)c1c(Cl)cccc1Cl. The van der Waals surface area contributed by atoms with Crippen LogP contribution in [0.15, 0.2) is 18.2 Å². The molecule has 1 heterocycles. The normalized spacial score (nSPS) is 21.8. The molecular formula is C12H15Cl3N2O2. The standard InChI is InChI=1S/C12H14Cl2N2O2.ClH/c13-8-2-1-3-9(14)11(8)12(18)16-5-7-4-15-6-10(7)17;/h1-3,7,10,15,17H,4-6H2,(H,16,18);1H. The maximum Gasteiger partial charge on any atom is 0.254 e. The molecule has 0 aliphatic carbocycles. The lowest BCUT2D eigenvalue weighted by Gasteiger charge is -2.15. The van der Waals surface area contributed by atoms with Crippen molar-refractivity contribution in [3.8, 4) is 0 Å². The minimum Gasteiger partial charge on any atom is -0.391 e. The number of rotatable bonds is 3. The summed E-state index contributed by atoms with van der Waals surface area (Å²) < 4.78 is 0. The third-order valence-corrected chi connectivity index (χ3v) is 3.65. The van der Waals surface area contributed by atoms with Crippen LogP contribution in [0, 0.1) is 5.92 Å². The van der Waals surface area contributed by atoms with E-state index < -0.39 is 6.10 Å². The number of aliphatic hydroxyl groups is 1. The first-order valence-electron chi connectivity index (χ1n) is 5.70. The van der Waals surface area contributed by atoms with Crippen molar-refractivity contribution in [3.05, 3.63) is 33.8 Å². The van der Waals surface area contributed by atoms with Crippen molar-refractivity contribution < 1.29 is 9.90 Å². The Morgan fingerprint density at radius 1 is 1.37 bits per heavy atom. The van der Waals surface area contributed by atoms with E-state index in [0.717, 1.165) is 0 Å². The van der Waals surface area contributed by atoms with Gasteiger partial charge in [-0.15, -0.1) is 12.4 Å². The Bertz CT molecular complexity index is 436. The summed E-state index contributed by atoms with van der Waals surface area (Å²) in [6.07, 6.45) is -0.424. The van der Waals surface area contributed by atoms with E-state index in [1.807, 2.05) is 0 Å². The molecule has 0 saturated carbocycles. The van der Waals surface area contributed by atoms with Gasteiger partial charge in [-0.1, -0.05) is 29.3 Å². The fourth-order valence-electron chi connectivity index (χ4n) is 1.95. The van der Waals surface area contributed by atoms with E-state index in [-0.39, 0.29) is 29.8 Å². The summed E-state index contributed by atoms with van der Waals surface area (Å²) >= 11 is 11.9. The molecule has 0 radical (unpaired) electrons. The number of aliphatic hydroxyl groups excluding tert-OH is 1. The number of hydrogen-bond donors (Lipinski definition) is 3. The first-order valence-corrected chi connectivity index (χ1v) is 6.46. The Morgan fingerprint density at radius 3 is 2.53 bits per heavy atom. The van der Waals surface area contributed by atoms with E-state index in [1.54, 1.807) is 18.2 Å². The lowest BCUT2D eigenvalue weighted by molar-refractivity contribution is 0.0927. The second kappa shape index (κ2) is 7.31. The quantitative estimate of drug-likeness (QED) is 0.793. The highest BCUT2D eigenvalue weighted by atomic mass is 35.5. The number of hydrogen-bond acceptors (Lipinski definition) is 3. The predicted octanol–water partition coefficient (Wildman–Crippen LogP) is 1.73. The lowest BCUT2D eigenvalue weighted by atomic mass is 10.1. The van der Waals surface area contributed by atoms with Crippen LogP contribution in [0.2, 0.25) is 10.0 Å². The Hall–Kier alpha value is -0.520. The number of β-amino-alcohol motifs (C(OH)–C–C–N with tert-alkyl or cyclic N) is 1. The van der Waals surface area contributed by atoms with E-state index in [2.05, 4.69) is 10.6 Å². The number of benzene rings is 1. The van der Waals surface area contributed by atoms with E-state index in [9.17, 15) is 9.90 Å². The number of halogens is 3. The molecule has 19 heavy (non-hydrogen) atoms. The van der Waals surface area contributed by atoms with Crippen molar-refractivity contribution in [2.24, 2.45) is 5.92 Å².